The van der Waals surface area contributed by atoms with Crippen molar-refractivity contribution in [2.75, 3.05) is 38.5 Å². The van der Waals surface area contributed by atoms with E-state index in [1.165, 1.54) is 31.0 Å². The molecule has 2 fully saturated rings. The number of likely N-dealkylation sites (tertiary alicyclic amines) is 2. The normalized spacial score (nSPS) is 17.2. The van der Waals surface area contributed by atoms with Gasteiger partial charge in [0.05, 0.1) is 18.4 Å². The van der Waals surface area contributed by atoms with E-state index < -0.39 is 17.0 Å². The highest BCUT2D eigenvalue weighted by Crippen LogP contribution is 2.37. The smallest absolute Gasteiger partial charge is 0.236 e. The highest BCUT2D eigenvalue weighted by molar-refractivity contribution is 7.99. The van der Waals surface area contributed by atoms with Crippen LogP contribution < -0.4 is 0 Å². The second kappa shape index (κ2) is 11.8. The van der Waals surface area contributed by atoms with Crippen LogP contribution in [-0.2, 0) is 10.2 Å². The van der Waals surface area contributed by atoms with Crippen LogP contribution in [0.2, 0.25) is 0 Å². The molecule has 3 aromatic rings. The molecule has 0 unspecified atom stereocenters. The van der Waals surface area contributed by atoms with Crippen molar-refractivity contribution < 1.29 is 18.0 Å². The van der Waals surface area contributed by atoms with E-state index >= 15 is 0 Å². The van der Waals surface area contributed by atoms with Gasteiger partial charge in [-0.05, 0) is 86.7 Å². The lowest BCUT2D eigenvalue weighted by Crippen LogP contribution is -2.43. The Labute approximate surface area is 232 Å². The number of carbonyl (C=O) groups excluding carboxylic acids is 1. The van der Waals surface area contributed by atoms with E-state index in [4.69, 9.17) is 4.98 Å². The maximum absolute atomic E-state index is 14.1. The van der Waals surface area contributed by atoms with Crippen molar-refractivity contribution in [2.24, 2.45) is 5.92 Å². The molecule has 2 aliphatic heterocycles. The SMILES string of the molecule is CC(C)(c1ccc(F)c(F)c1)c1cnc(SCC2CCN(C(=O)CN3CCCC3)CC2)n1-c1ccc(F)cc1. The lowest BCUT2D eigenvalue weighted by Gasteiger charge is -2.33. The van der Waals surface area contributed by atoms with E-state index in [0.29, 0.717) is 18.0 Å². The summed E-state index contributed by atoms with van der Waals surface area (Å²) in [6.45, 7) is 8.02. The first kappa shape index (κ1) is 27.8. The van der Waals surface area contributed by atoms with E-state index in [1.54, 1.807) is 36.2 Å². The van der Waals surface area contributed by atoms with Crippen molar-refractivity contribution in [3.8, 4) is 5.69 Å². The number of hydrogen-bond donors (Lipinski definition) is 0. The molecule has 0 bridgehead atoms. The number of thioether (sulfide) groups is 1. The van der Waals surface area contributed by atoms with Crippen LogP contribution in [0.1, 0.15) is 50.8 Å². The first-order chi connectivity index (χ1) is 18.7. The molecule has 0 spiro atoms. The van der Waals surface area contributed by atoms with E-state index in [1.807, 2.05) is 23.3 Å². The van der Waals surface area contributed by atoms with Gasteiger partial charge in [-0.25, -0.2) is 18.2 Å². The standard InChI is InChI=1S/C30H35F3N4OS/c1-30(2,22-5-10-25(32)26(33)17-22)27-18-34-29(37(27)24-8-6-23(31)7-9-24)39-20-21-11-15-36(16-12-21)28(38)19-35-13-3-4-14-35/h5-10,17-18,21H,3-4,11-16,19-20H2,1-2H3. The Kier molecular flexibility index (Phi) is 8.38. The van der Waals surface area contributed by atoms with Gasteiger partial charge in [0.15, 0.2) is 16.8 Å². The summed E-state index contributed by atoms with van der Waals surface area (Å²) in [7, 11) is 0. The molecular formula is C30H35F3N4OS. The highest BCUT2D eigenvalue weighted by atomic mass is 32.2. The summed E-state index contributed by atoms with van der Waals surface area (Å²) in [5.41, 5.74) is 1.47. The monoisotopic (exact) mass is 556 g/mol. The Balaban J connectivity index is 1.31. The van der Waals surface area contributed by atoms with Crippen molar-refractivity contribution in [1.29, 1.82) is 0 Å². The minimum Gasteiger partial charge on any atom is -0.342 e. The molecule has 0 N–H and O–H groups in total. The van der Waals surface area contributed by atoms with Crippen LogP contribution in [0.5, 0.6) is 0 Å². The lowest BCUT2D eigenvalue weighted by atomic mass is 9.81. The number of hydrogen-bond acceptors (Lipinski definition) is 4. The zero-order chi connectivity index (χ0) is 27.6. The third-order valence-electron chi connectivity index (χ3n) is 8.07. The summed E-state index contributed by atoms with van der Waals surface area (Å²) in [5.74, 6) is -0.585. The molecule has 39 heavy (non-hydrogen) atoms. The largest absolute Gasteiger partial charge is 0.342 e. The molecule has 1 aromatic heterocycles. The Morgan fingerprint density at radius 2 is 1.67 bits per heavy atom. The van der Waals surface area contributed by atoms with Crippen molar-refractivity contribution in [2.45, 2.75) is 50.1 Å². The summed E-state index contributed by atoms with van der Waals surface area (Å²) in [4.78, 5) is 21.7. The molecule has 0 saturated carbocycles. The number of imidazole rings is 1. The summed E-state index contributed by atoms with van der Waals surface area (Å²) >= 11 is 1.64. The Hall–Kier alpha value is -2.78. The number of rotatable bonds is 8. The highest BCUT2D eigenvalue weighted by Gasteiger charge is 2.31. The average Bonchev–Trinajstić information content (AvgIpc) is 3.60. The average molecular weight is 557 g/mol. The number of piperidine rings is 1. The van der Waals surface area contributed by atoms with Gasteiger partial charge in [0.25, 0.3) is 0 Å². The van der Waals surface area contributed by atoms with Crippen molar-refractivity contribution in [3.05, 3.63) is 77.4 Å². The van der Waals surface area contributed by atoms with Crippen LogP contribution in [0.15, 0.2) is 53.8 Å². The molecule has 2 aliphatic rings. The van der Waals surface area contributed by atoms with Gasteiger partial charge in [0.2, 0.25) is 5.91 Å². The van der Waals surface area contributed by atoms with Gasteiger partial charge in [-0.1, -0.05) is 31.7 Å². The second-order valence-corrected chi connectivity index (χ2v) is 12.1. The summed E-state index contributed by atoms with van der Waals surface area (Å²) in [6.07, 6.45) is 6.03. The Morgan fingerprint density at radius 3 is 2.33 bits per heavy atom. The fraction of sp³-hybridized carbons (Fsp3) is 0.467. The minimum absolute atomic E-state index is 0.235. The molecule has 0 radical (unpaired) electrons. The number of benzene rings is 2. The van der Waals surface area contributed by atoms with Gasteiger partial charge in [0.1, 0.15) is 5.82 Å². The number of halogens is 3. The lowest BCUT2D eigenvalue weighted by molar-refractivity contribution is -0.133. The maximum atomic E-state index is 14.1. The van der Waals surface area contributed by atoms with Crippen LogP contribution in [0.25, 0.3) is 5.69 Å². The van der Waals surface area contributed by atoms with E-state index in [0.717, 1.165) is 67.4 Å². The van der Waals surface area contributed by atoms with Gasteiger partial charge in [-0.2, -0.15) is 0 Å². The van der Waals surface area contributed by atoms with Crippen molar-refractivity contribution in [1.82, 2.24) is 19.4 Å². The number of carbonyl (C=O) groups is 1. The fourth-order valence-electron chi connectivity index (χ4n) is 5.52. The minimum atomic E-state index is -0.895. The predicted molar refractivity (Wildman–Crippen MR) is 148 cm³/mol. The quantitative estimate of drug-likeness (QED) is 0.317. The summed E-state index contributed by atoms with van der Waals surface area (Å²) < 4.78 is 43.5. The maximum Gasteiger partial charge on any atom is 0.236 e. The third kappa shape index (κ3) is 6.19. The third-order valence-corrected chi connectivity index (χ3v) is 9.25. The first-order valence-electron chi connectivity index (χ1n) is 13.6. The van der Waals surface area contributed by atoms with Gasteiger partial charge < -0.3 is 4.90 Å². The van der Waals surface area contributed by atoms with Gasteiger partial charge in [-0.15, -0.1) is 0 Å². The zero-order valence-corrected chi connectivity index (χ0v) is 23.3. The first-order valence-corrected chi connectivity index (χ1v) is 14.6. The fourth-order valence-corrected chi connectivity index (χ4v) is 6.70. The summed E-state index contributed by atoms with van der Waals surface area (Å²) in [6, 6.07) is 10.2. The van der Waals surface area contributed by atoms with Crippen LogP contribution in [-0.4, -0.2) is 63.7 Å². The number of aromatic nitrogens is 2. The van der Waals surface area contributed by atoms with E-state index in [-0.39, 0.29) is 11.7 Å². The van der Waals surface area contributed by atoms with Crippen LogP contribution in [0.3, 0.4) is 0 Å². The van der Waals surface area contributed by atoms with Gasteiger partial charge in [-0.3, -0.25) is 14.3 Å². The molecule has 0 atom stereocenters. The molecular weight excluding hydrogens is 521 g/mol. The molecule has 1 amide bonds. The van der Waals surface area contributed by atoms with E-state index in [9.17, 15) is 18.0 Å². The van der Waals surface area contributed by atoms with Crippen LogP contribution in [0, 0.1) is 23.4 Å². The molecule has 2 saturated heterocycles. The summed E-state index contributed by atoms with van der Waals surface area (Å²) in [5, 5.41) is 0.764. The second-order valence-electron chi connectivity index (χ2n) is 11.1. The number of amides is 1. The molecule has 208 valence electrons. The van der Waals surface area contributed by atoms with E-state index in [2.05, 4.69) is 4.90 Å². The molecule has 2 aromatic carbocycles. The van der Waals surface area contributed by atoms with Crippen LogP contribution in [0.4, 0.5) is 13.2 Å². The molecule has 5 rings (SSSR count). The van der Waals surface area contributed by atoms with Gasteiger partial charge >= 0.3 is 0 Å². The van der Waals surface area contributed by atoms with Gasteiger partial charge in [0, 0.05) is 29.9 Å². The molecule has 9 heteroatoms. The molecule has 0 aliphatic carbocycles. The van der Waals surface area contributed by atoms with Crippen molar-refractivity contribution >= 4 is 17.7 Å². The zero-order valence-electron chi connectivity index (χ0n) is 22.5. The van der Waals surface area contributed by atoms with Crippen LogP contribution >= 0.6 is 11.8 Å². The Morgan fingerprint density at radius 1 is 0.974 bits per heavy atom. The molecule has 3 heterocycles. The van der Waals surface area contributed by atoms with Crippen molar-refractivity contribution in [3.63, 3.8) is 0 Å². The Bertz CT molecular complexity index is 1300. The number of nitrogens with zero attached hydrogens (tertiary/aromatic N) is 4. The predicted octanol–water partition coefficient (Wildman–Crippen LogP) is 6.04. The topological polar surface area (TPSA) is 41.4 Å². The molecule has 5 nitrogen and oxygen atoms in total.